The van der Waals surface area contributed by atoms with Gasteiger partial charge < -0.3 is 15.5 Å². The van der Waals surface area contributed by atoms with E-state index in [1.54, 1.807) is 29.2 Å². The summed E-state index contributed by atoms with van der Waals surface area (Å²) in [6.07, 6.45) is 1.88. The van der Waals surface area contributed by atoms with Gasteiger partial charge in [-0.05, 0) is 61.6 Å². The molecule has 0 spiro atoms. The van der Waals surface area contributed by atoms with Crippen molar-refractivity contribution in [3.63, 3.8) is 0 Å². The van der Waals surface area contributed by atoms with Gasteiger partial charge >= 0.3 is 0 Å². The summed E-state index contributed by atoms with van der Waals surface area (Å²) in [5.74, 6) is -0.481. The first-order valence-electron chi connectivity index (χ1n) is 10.9. The number of piperidine rings is 1. The number of nitrogens with one attached hydrogen (secondary N) is 2. The molecule has 3 amide bonds. The van der Waals surface area contributed by atoms with Gasteiger partial charge in [0.25, 0.3) is 11.8 Å². The molecule has 1 aromatic heterocycles. The minimum absolute atomic E-state index is 0.0143. The van der Waals surface area contributed by atoms with Crippen LogP contribution in [0.3, 0.4) is 0 Å². The van der Waals surface area contributed by atoms with Crippen molar-refractivity contribution in [1.29, 1.82) is 0 Å². The van der Waals surface area contributed by atoms with E-state index in [-0.39, 0.29) is 27.7 Å². The SMILES string of the molecule is Cc1ccccc1NC(=O)CC1CCN(C(=O)c2nnc(C(=O)Nc3ccc(Cl)cc3)s2)CC1. The highest BCUT2D eigenvalue weighted by Crippen LogP contribution is 2.24. The van der Waals surface area contributed by atoms with E-state index in [0.29, 0.717) is 30.2 Å². The lowest BCUT2D eigenvalue weighted by atomic mass is 9.93. The first-order valence-corrected chi connectivity index (χ1v) is 12.1. The highest BCUT2D eigenvalue weighted by molar-refractivity contribution is 7.15. The fraction of sp³-hybridized carbons (Fsp3) is 0.292. The molecule has 0 radical (unpaired) electrons. The molecule has 1 aliphatic rings. The van der Waals surface area contributed by atoms with E-state index < -0.39 is 5.91 Å². The van der Waals surface area contributed by atoms with Crippen LogP contribution in [0.15, 0.2) is 48.5 Å². The van der Waals surface area contributed by atoms with Crippen molar-refractivity contribution in [3.05, 3.63) is 69.1 Å². The predicted octanol–water partition coefficient (Wildman–Crippen LogP) is 4.63. The third kappa shape index (κ3) is 5.98. The molecule has 0 aliphatic carbocycles. The summed E-state index contributed by atoms with van der Waals surface area (Å²) in [6.45, 7) is 3.03. The minimum Gasteiger partial charge on any atom is -0.337 e. The summed E-state index contributed by atoms with van der Waals surface area (Å²) in [6, 6.07) is 14.4. The maximum absolute atomic E-state index is 12.8. The van der Waals surface area contributed by atoms with Gasteiger partial charge in [0, 0.05) is 35.9 Å². The molecule has 0 saturated carbocycles. The number of nitrogens with zero attached hydrogens (tertiary/aromatic N) is 3. The molecule has 0 bridgehead atoms. The van der Waals surface area contributed by atoms with Crippen LogP contribution in [0.1, 0.15) is 44.4 Å². The molecule has 176 valence electrons. The van der Waals surface area contributed by atoms with Crippen LogP contribution in [-0.4, -0.2) is 45.9 Å². The first kappa shape index (κ1) is 23.8. The topological polar surface area (TPSA) is 104 Å². The Bertz CT molecular complexity index is 1190. The lowest BCUT2D eigenvalue weighted by Crippen LogP contribution is -2.39. The van der Waals surface area contributed by atoms with Gasteiger partial charge in [-0.3, -0.25) is 14.4 Å². The number of aromatic nitrogens is 2. The highest BCUT2D eigenvalue weighted by atomic mass is 35.5. The number of para-hydroxylation sites is 1. The number of aryl methyl sites for hydroxylation is 1. The molecule has 2 N–H and O–H groups in total. The number of likely N-dealkylation sites (tertiary alicyclic amines) is 1. The van der Waals surface area contributed by atoms with E-state index in [1.165, 1.54) is 0 Å². The second-order valence-electron chi connectivity index (χ2n) is 8.18. The quantitative estimate of drug-likeness (QED) is 0.516. The summed E-state index contributed by atoms with van der Waals surface area (Å²) in [5, 5.41) is 14.3. The standard InChI is InChI=1S/C24H24ClN5O3S/c1-15-4-2-3-5-19(15)27-20(31)14-16-10-12-30(13-11-16)24(33)23-29-28-22(34-23)21(32)26-18-8-6-17(25)7-9-18/h2-9,16H,10-14H2,1H3,(H,26,32)(H,27,31). The number of halogens is 1. The van der Waals surface area contributed by atoms with Gasteiger partial charge in [0.05, 0.1) is 0 Å². The first-order chi connectivity index (χ1) is 16.4. The molecule has 34 heavy (non-hydrogen) atoms. The van der Waals surface area contributed by atoms with Crippen molar-refractivity contribution in [2.75, 3.05) is 23.7 Å². The van der Waals surface area contributed by atoms with Crippen LogP contribution >= 0.6 is 22.9 Å². The number of hydrogen-bond donors (Lipinski definition) is 2. The Balaban J connectivity index is 1.27. The third-order valence-corrected chi connectivity index (χ3v) is 6.86. The Morgan fingerprint density at radius 1 is 1.00 bits per heavy atom. The van der Waals surface area contributed by atoms with Gasteiger partial charge in [0.15, 0.2) is 0 Å². The lowest BCUT2D eigenvalue weighted by Gasteiger charge is -2.31. The third-order valence-electron chi connectivity index (χ3n) is 5.70. The molecule has 0 unspecified atom stereocenters. The average Bonchev–Trinajstić information content (AvgIpc) is 3.33. The molecule has 1 aliphatic heterocycles. The van der Waals surface area contributed by atoms with Gasteiger partial charge in [-0.2, -0.15) is 0 Å². The molecular formula is C24H24ClN5O3S. The number of carbonyl (C=O) groups is 3. The van der Waals surface area contributed by atoms with Gasteiger partial charge in [-0.1, -0.05) is 41.1 Å². The van der Waals surface area contributed by atoms with Crippen LogP contribution in [0.2, 0.25) is 5.02 Å². The van der Waals surface area contributed by atoms with E-state index in [2.05, 4.69) is 20.8 Å². The lowest BCUT2D eigenvalue weighted by molar-refractivity contribution is -0.117. The van der Waals surface area contributed by atoms with Crippen molar-refractivity contribution >= 4 is 52.0 Å². The number of carbonyl (C=O) groups excluding carboxylic acids is 3. The van der Waals surface area contributed by atoms with Crippen molar-refractivity contribution in [3.8, 4) is 0 Å². The number of anilines is 2. The van der Waals surface area contributed by atoms with Gasteiger partial charge in [0.2, 0.25) is 15.9 Å². The molecule has 8 nitrogen and oxygen atoms in total. The van der Waals surface area contributed by atoms with Crippen LogP contribution < -0.4 is 10.6 Å². The Kier molecular flexibility index (Phi) is 7.54. The van der Waals surface area contributed by atoms with Crippen molar-refractivity contribution < 1.29 is 14.4 Å². The van der Waals surface area contributed by atoms with E-state index in [4.69, 9.17) is 11.6 Å². The maximum atomic E-state index is 12.8. The molecule has 3 aromatic rings. The Morgan fingerprint density at radius 3 is 2.38 bits per heavy atom. The van der Waals surface area contributed by atoms with E-state index in [1.807, 2.05) is 31.2 Å². The van der Waals surface area contributed by atoms with E-state index >= 15 is 0 Å². The van der Waals surface area contributed by atoms with Crippen LogP contribution in [0.25, 0.3) is 0 Å². The zero-order valence-electron chi connectivity index (χ0n) is 18.6. The Labute approximate surface area is 206 Å². The number of hydrogen-bond acceptors (Lipinski definition) is 6. The van der Waals surface area contributed by atoms with E-state index in [0.717, 1.165) is 35.4 Å². The fourth-order valence-corrected chi connectivity index (χ4v) is 4.60. The molecule has 2 aromatic carbocycles. The molecule has 1 fully saturated rings. The van der Waals surface area contributed by atoms with Crippen LogP contribution in [-0.2, 0) is 4.79 Å². The smallest absolute Gasteiger partial charge is 0.286 e. The molecule has 0 atom stereocenters. The van der Waals surface area contributed by atoms with Crippen LogP contribution in [0, 0.1) is 12.8 Å². The zero-order chi connectivity index (χ0) is 24.1. The molecular weight excluding hydrogens is 474 g/mol. The zero-order valence-corrected chi connectivity index (χ0v) is 20.2. The summed E-state index contributed by atoms with van der Waals surface area (Å²) in [7, 11) is 0. The summed E-state index contributed by atoms with van der Waals surface area (Å²) < 4.78 is 0. The number of amides is 3. The second kappa shape index (κ2) is 10.8. The van der Waals surface area contributed by atoms with Crippen molar-refractivity contribution in [2.45, 2.75) is 26.2 Å². The van der Waals surface area contributed by atoms with Crippen LogP contribution in [0.5, 0.6) is 0 Å². The van der Waals surface area contributed by atoms with Gasteiger partial charge in [-0.15, -0.1) is 10.2 Å². The van der Waals surface area contributed by atoms with Gasteiger partial charge in [0.1, 0.15) is 0 Å². The Hall–Kier alpha value is -3.30. The highest BCUT2D eigenvalue weighted by Gasteiger charge is 2.28. The monoisotopic (exact) mass is 497 g/mol. The molecule has 4 rings (SSSR count). The molecule has 2 heterocycles. The summed E-state index contributed by atoms with van der Waals surface area (Å²) in [5.41, 5.74) is 2.42. The largest absolute Gasteiger partial charge is 0.337 e. The van der Waals surface area contributed by atoms with Crippen LogP contribution in [0.4, 0.5) is 11.4 Å². The van der Waals surface area contributed by atoms with Gasteiger partial charge in [-0.25, -0.2) is 0 Å². The average molecular weight is 498 g/mol. The summed E-state index contributed by atoms with van der Waals surface area (Å²) >= 11 is 6.82. The second-order valence-corrected chi connectivity index (χ2v) is 9.59. The minimum atomic E-state index is -0.433. The fourth-order valence-electron chi connectivity index (χ4n) is 3.77. The maximum Gasteiger partial charge on any atom is 0.286 e. The van der Waals surface area contributed by atoms with Crippen molar-refractivity contribution in [1.82, 2.24) is 15.1 Å². The normalized spacial score (nSPS) is 14.0. The molecule has 10 heteroatoms. The summed E-state index contributed by atoms with van der Waals surface area (Å²) in [4.78, 5) is 39.4. The number of rotatable bonds is 6. The van der Waals surface area contributed by atoms with Crippen molar-refractivity contribution in [2.24, 2.45) is 5.92 Å². The Morgan fingerprint density at radius 2 is 1.68 bits per heavy atom. The number of benzene rings is 2. The molecule has 1 saturated heterocycles. The predicted molar refractivity (Wildman–Crippen MR) is 132 cm³/mol. The van der Waals surface area contributed by atoms with E-state index in [9.17, 15) is 14.4 Å².